The van der Waals surface area contributed by atoms with Gasteiger partial charge in [0, 0.05) is 12.8 Å². The van der Waals surface area contributed by atoms with E-state index in [0.717, 1.165) is 66.1 Å². The van der Waals surface area contributed by atoms with Crippen molar-refractivity contribution in [3.8, 4) is 0 Å². The van der Waals surface area contributed by atoms with Crippen LogP contribution in [0, 0.1) is 87.3 Å². The van der Waals surface area contributed by atoms with E-state index in [1.165, 1.54) is 135 Å². The molecule has 0 heterocycles. The quantitative estimate of drug-likeness (QED) is 0.161. The topological polar surface area (TPSA) is 63.6 Å². The minimum Gasteiger partial charge on any atom is -0.481 e. The highest BCUT2D eigenvalue weighted by atomic mass is 16.5. The van der Waals surface area contributed by atoms with E-state index in [4.69, 9.17) is 4.74 Å². The van der Waals surface area contributed by atoms with Gasteiger partial charge in [-0.1, -0.05) is 75.0 Å². The largest absolute Gasteiger partial charge is 0.481 e. The number of methoxy groups -OCH3 is 1. The minimum atomic E-state index is -0.582. The molecular weight excluding hydrogens is 653 g/mol. The molecule has 0 spiro atoms. The number of hydrogen-bond acceptors (Lipinski definition) is 3. The average molecular weight is 725 g/mol. The molecule has 4 heteroatoms. The van der Waals surface area contributed by atoms with E-state index in [1.54, 1.807) is 7.11 Å². The van der Waals surface area contributed by atoms with Crippen LogP contribution in [0.1, 0.15) is 161 Å². The Balaban J connectivity index is 1.10. The van der Waals surface area contributed by atoms with Crippen LogP contribution in [0.2, 0.25) is 0 Å². The molecule has 9 aliphatic rings. The number of hydrogen-bond donors (Lipinski definition) is 1. The number of carboxylic acids is 1. The number of fused-ring (bicyclic) bond motifs is 9. The van der Waals surface area contributed by atoms with Crippen molar-refractivity contribution in [1.82, 2.24) is 0 Å². The number of carbonyl (C=O) groups excluding carboxylic acids is 1. The number of aliphatic carboxylic acids is 1. The lowest BCUT2D eigenvalue weighted by Gasteiger charge is -2.51. The van der Waals surface area contributed by atoms with Crippen molar-refractivity contribution < 1.29 is 19.4 Å². The van der Waals surface area contributed by atoms with Gasteiger partial charge >= 0.3 is 11.9 Å². The second kappa shape index (κ2) is 14.9. The molecule has 1 N–H and O–H groups in total. The summed E-state index contributed by atoms with van der Waals surface area (Å²) in [5.41, 5.74) is 0.731. The molecule has 15 atom stereocenters. The Morgan fingerprint density at radius 1 is 0.509 bits per heavy atom. The molecule has 0 saturated heterocycles. The molecule has 0 aromatic rings. The average Bonchev–Trinajstić information content (AvgIpc) is 3.93. The van der Waals surface area contributed by atoms with E-state index in [-0.39, 0.29) is 16.8 Å². The molecule has 0 aromatic heterocycles. The van der Waals surface area contributed by atoms with Crippen molar-refractivity contribution in [3.05, 3.63) is 36.5 Å². The van der Waals surface area contributed by atoms with Crippen LogP contribution >= 0.6 is 0 Å². The molecule has 9 aliphatic carbocycles. The van der Waals surface area contributed by atoms with Crippen LogP contribution in [0.15, 0.2) is 36.5 Å². The first-order valence-corrected chi connectivity index (χ1v) is 23.2. The van der Waals surface area contributed by atoms with E-state index < -0.39 is 5.97 Å². The van der Waals surface area contributed by atoms with Gasteiger partial charge in [-0.05, 0) is 196 Å². The zero-order valence-corrected chi connectivity index (χ0v) is 33.2. The fourth-order valence-corrected chi connectivity index (χ4v) is 17.9. The third-order valence-electron chi connectivity index (χ3n) is 19.6. The van der Waals surface area contributed by atoms with E-state index in [2.05, 4.69) is 36.5 Å². The van der Waals surface area contributed by atoms with Crippen molar-refractivity contribution in [2.75, 3.05) is 7.11 Å². The normalized spacial score (nSPS) is 47.6. The maximum atomic E-state index is 13.0. The van der Waals surface area contributed by atoms with E-state index in [0.29, 0.717) is 36.0 Å². The number of carboxylic acid groups (broad SMARTS) is 1. The second-order valence-corrected chi connectivity index (χ2v) is 20.6. The van der Waals surface area contributed by atoms with Crippen LogP contribution in [0.5, 0.6) is 0 Å². The SMILES string of the molecule is COC(=O)CCC1(CCC2(CCC3(CCC(=O)O)C4CC=CCC4C4CCCCC43)C3CC=CC3C3CCCCC32)C2CC=CCC2C2CCCCC21. The van der Waals surface area contributed by atoms with Crippen molar-refractivity contribution in [2.24, 2.45) is 87.3 Å². The van der Waals surface area contributed by atoms with Gasteiger partial charge in [0.05, 0.1) is 7.11 Å². The molecule has 0 amide bonds. The molecular formula is C49H72O4. The predicted octanol–water partition coefficient (Wildman–Crippen LogP) is 12.1. The number of allylic oxidation sites excluding steroid dienone is 6. The Labute approximate surface area is 321 Å². The van der Waals surface area contributed by atoms with Gasteiger partial charge in [0.1, 0.15) is 0 Å². The highest BCUT2D eigenvalue weighted by Crippen LogP contribution is 2.73. The molecule has 15 unspecified atom stereocenters. The summed E-state index contributed by atoms with van der Waals surface area (Å²) in [7, 11) is 1.59. The number of rotatable bonds is 12. The summed E-state index contributed by atoms with van der Waals surface area (Å²) in [6, 6.07) is 0. The molecule has 4 nitrogen and oxygen atoms in total. The van der Waals surface area contributed by atoms with Gasteiger partial charge in [-0.15, -0.1) is 0 Å². The Kier molecular flexibility index (Phi) is 10.3. The predicted molar refractivity (Wildman–Crippen MR) is 212 cm³/mol. The maximum absolute atomic E-state index is 13.0. The van der Waals surface area contributed by atoms with Crippen LogP contribution < -0.4 is 0 Å². The highest BCUT2D eigenvalue weighted by molar-refractivity contribution is 5.69. The van der Waals surface area contributed by atoms with Crippen LogP contribution in [0.4, 0.5) is 0 Å². The van der Waals surface area contributed by atoms with Crippen molar-refractivity contribution in [2.45, 2.75) is 161 Å². The number of esters is 1. The monoisotopic (exact) mass is 725 g/mol. The zero-order valence-electron chi connectivity index (χ0n) is 33.2. The molecule has 0 radical (unpaired) electrons. The van der Waals surface area contributed by atoms with Crippen molar-refractivity contribution in [3.63, 3.8) is 0 Å². The Morgan fingerprint density at radius 3 is 1.47 bits per heavy atom. The lowest BCUT2D eigenvalue weighted by molar-refractivity contribution is -0.142. The number of carbonyl (C=O) groups is 2. The minimum absolute atomic E-state index is 0.00533. The third-order valence-corrected chi connectivity index (χ3v) is 19.6. The van der Waals surface area contributed by atoms with E-state index >= 15 is 0 Å². The summed E-state index contributed by atoms with van der Waals surface area (Å²) in [6.07, 6.45) is 46.1. The fraction of sp³-hybridized carbons (Fsp3) is 0.837. The Morgan fingerprint density at radius 2 is 0.943 bits per heavy atom. The second-order valence-electron chi connectivity index (χ2n) is 20.6. The summed E-state index contributed by atoms with van der Waals surface area (Å²) < 4.78 is 5.38. The lowest BCUT2D eigenvalue weighted by atomic mass is 9.53. The summed E-state index contributed by atoms with van der Waals surface area (Å²) in [6.45, 7) is 0. The first-order valence-electron chi connectivity index (χ1n) is 23.2. The summed E-state index contributed by atoms with van der Waals surface area (Å²) >= 11 is 0. The first kappa shape index (κ1) is 36.8. The molecule has 53 heavy (non-hydrogen) atoms. The van der Waals surface area contributed by atoms with Crippen LogP contribution in [0.25, 0.3) is 0 Å². The maximum Gasteiger partial charge on any atom is 0.305 e. The summed E-state index contributed by atoms with van der Waals surface area (Å²) in [5, 5.41) is 10.3. The van der Waals surface area contributed by atoms with Gasteiger partial charge in [-0.25, -0.2) is 0 Å². The summed E-state index contributed by atoms with van der Waals surface area (Å²) in [4.78, 5) is 25.5. The molecule has 0 bridgehead atoms. The standard InChI is InChI=1S/C49H72O4/c1-53-46(52)26-28-48(41-21-9-4-15-35(41)36-16-5-10-22-42(36)48)30-32-49(43-23-11-6-17-37(43)38-18-12-24-44(38)49)31-29-47(27-25-45(50)51)39-19-7-2-13-33(39)34-14-3-8-20-40(34)47/h2,4,7,9,12,18,33-44H,3,5-6,8,10-11,13-17,19-32H2,1H3,(H,50,51). The third kappa shape index (κ3) is 6.01. The first-order chi connectivity index (χ1) is 25.9. The Bertz CT molecular complexity index is 1440. The van der Waals surface area contributed by atoms with Gasteiger partial charge in [-0.3, -0.25) is 9.59 Å². The smallest absolute Gasteiger partial charge is 0.305 e. The van der Waals surface area contributed by atoms with Crippen molar-refractivity contribution in [1.29, 1.82) is 0 Å². The van der Waals surface area contributed by atoms with Gasteiger partial charge < -0.3 is 9.84 Å². The van der Waals surface area contributed by atoms with E-state index in [9.17, 15) is 14.7 Å². The lowest BCUT2D eigenvalue weighted by Crippen LogP contribution is -2.43. The van der Waals surface area contributed by atoms with Gasteiger partial charge in [0.25, 0.3) is 0 Å². The molecule has 9 rings (SSSR count). The fourth-order valence-electron chi connectivity index (χ4n) is 17.9. The molecule has 0 aromatic carbocycles. The molecule has 6 fully saturated rings. The van der Waals surface area contributed by atoms with Crippen LogP contribution in [-0.2, 0) is 14.3 Å². The van der Waals surface area contributed by atoms with Crippen LogP contribution in [0.3, 0.4) is 0 Å². The van der Waals surface area contributed by atoms with E-state index in [1.807, 2.05) is 0 Å². The molecule has 0 aliphatic heterocycles. The van der Waals surface area contributed by atoms with Crippen molar-refractivity contribution >= 4 is 11.9 Å². The highest BCUT2D eigenvalue weighted by Gasteiger charge is 2.65. The van der Waals surface area contributed by atoms with Gasteiger partial charge in [0.2, 0.25) is 0 Å². The summed E-state index contributed by atoms with van der Waals surface area (Å²) in [5.74, 6) is 8.57. The molecule has 292 valence electrons. The number of ether oxygens (including phenoxy) is 1. The zero-order chi connectivity index (χ0) is 36.2. The van der Waals surface area contributed by atoms with Gasteiger partial charge in [-0.2, -0.15) is 0 Å². The molecule has 6 saturated carbocycles. The van der Waals surface area contributed by atoms with Gasteiger partial charge in [0.15, 0.2) is 0 Å². The van der Waals surface area contributed by atoms with Crippen LogP contribution in [-0.4, -0.2) is 24.2 Å². The Hall–Kier alpha value is -1.84.